The average Bonchev–Trinajstić information content (AvgIpc) is 2.80. The zero-order valence-corrected chi connectivity index (χ0v) is 14.6. The van der Waals surface area contributed by atoms with Crippen LogP contribution >= 0.6 is 0 Å². The van der Waals surface area contributed by atoms with Gasteiger partial charge in [0.2, 0.25) is 0 Å². The van der Waals surface area contributed by atoms with Gasteiger partial charge in [-0.15, -0.1) is 0 Å². The van der Waals surface area contributed by atoms with Gasteiger partial charge in [-0.2, -0.15) is 0 Å². The number of nitrogens with one attached hydrogen (secondary N) is 1. The quantitative estimate of drug-likeness (QED) is 0.687. The van der Waals surface area contributed by atoms with Gasteiger partial charge in [-0.05, 0) is 18.8 Å². The molecule has 2 aromatic rings. The molecule has 0 fully saturated rings. The number of aromatic amines is 1. The summed E-state index contributed by atoms with van der Waals surface area (Å²) < 4.78 is 3.39. The lowest BCUT2D eigenvalue weighted by molar-refractivity contribution is -0.672. The van der Waals surface area contributed by atoms with Crippen molar-refractivity contribution in [2.45, 2.75) is 53.1 Å². The van der Waals surface area contributed by atoms with Crippen molar-refractivity contribution in [3.05, 3.63) is 26.7 Å². The van der Waals surface area contributed by atoms with Crippen LogP contribution in [-0.2, 0) is 20.1 Å². The number of nitrogens with zero attached hydrogens (tertiary/aromatic N) is 3. The Hall–Kier alpha value is -1.89. The number of hydrogen-bond acceptors (Lipinski definition) is 3. The third-order valence-corrected chi connectivity index (χ3v) is 4.12. The van der Waals surface area contributed by atoms with Crippen LogP contribution in [0, 0.1) is 5.92 Å². The Balaban J connectivity index is 2.34. The van der Waals surface area contributed by atoms with E-state index in [4.69, 9.17) is 0 Å². The van der Waals surface area contributed by atoms with Gasteiger partial charge in [0.15, 0.2) is 17.0 Å². The summed E-state index contributed by atoms with van der Waals surface area (Å²) >= 11 is 0. The lowest BCUT2D eigenvalue weighted by atomic mass is 10.1. The highest BCUT2D eigenvalue weighted by molar-refractivity contribution is 5.70. The molecule has 0 aliphatic carbocycles. The number of quaternary nitrogens is 1. The summed E-state index contributed by atoms with van der Waals surface area (Å²) in [5, 5.41) is 2.20. The van der Waals surface area contributed by atoms with Crippen molar-refractivity contribution in [2.24, 2.45) is 13.0 Å². The number of fused-ring (bicyclic) bond motifs is 1. The highest BCUT2D eigenvalue weighted by Crippen LogP contribution is 2.09. The molecule has 23 heavy (non-hydrogen) atoms. The van der Waals surface area contributed by atoms with Crippen molar-refractivity contribution in [3.63, 3.8) is 0 Å². The van der Waals surface area contributed by atoms with Gasteiger partial charge in [0, 0.05) is 13.6 Å². The molecule has 3 N–H and O–H groups in total. The highest BCUT2D eigenvalue weighted by atomic mass is 16.2. The van der Waals surface area contributed by atoms with E-state index < -0.39 is 0 Å². The molecule has 0 saturated heterocycles. The fraction of sp³-hybridized carbons (Fsp3) is 0.688. The number of hydrogen-bond donors (Lipinski definition) is 2. The topological polar surface area (TPSA) is 89.3 Å². The van der Waals surface area contributed by atoms with Crippen LogP contribution in [0.25, 0.3) is 11.2 Å². The van der Waals surface area contributed by atoms with Crippen molar-refractivity contribution in [3.8, 4) is 0 Å². The fourth-order valence-corrected chi connectivity index (χ4v) is 2.68. The third kappa shape index (κ3) is 3.90. The number of unbranched alkanes of at least 4 members (excludes halogenated alkanes) is 1. The maximum absolute atomic E-state index is 12.1. The van der Waals surface area contributed by atoms with Crippen LogP contribution in [0.3, 0.4) is 0 Å². The lowest BCUT2D eigenvalue weighted by Gasteiger charge is -2.04. The van der Waals surface area contributed by atoms with Crippen molar-refractivity contribution >= 4 is 11.2 Å². The summed E-state index contributed by atoms with van der Waals surface area (Å²) in [6.07, 6.45) is 3.01. The number of imidazole rings is 1. The third-order valence-electron chi connectivity index (χ3n) is 4.12. The Bertz CT molecular complexity index is 769. The predicted molar refractivity (Wildman–Crippen MR) is 90.5 cm³/mol. The number of nitrogens with two attached hydrogens (primary N) is 1. The minimum absolute atomic E-state index is 0.360. The summed E-state index contributed by atoms with van der Waals surface area (Å²) in [7, 11) is 1.84. The van der Waals surface area contributed by atoms with E-state index in [-0.39, 0.29) is 11.2 Å². The van der Waals surface area contributed by atoms with Crippen LogP contribution in [-0.4, -0.2) is 25.6 Å². The summed E-state index contributed by atoms with van der Waals surface area (Å²) in [5.41, 5.74) is 0.250. The molecule has 0 amide bonds. The zero-order chi connectivity index (χ0) is 17.0. The molecule has 2 heterocycles. The molecule has 128 valence electrons. The van der Waals surface area contributed by atoms with Crippen molar-refractivity contribution < 1.29 is 5.32 Å². The number of aromatic nitrogens is 4. The van der Waals surface area contributed by atoms with Crippen LogP contribution in [0.1, 0.15) is 45.9 Å². The highest BCUT2D eigenvalue weighted by Gasteiger charge is 2.16. The van der Waals surface area contributed by atoms with Gasteiger partial charge in [-0.3, -0.25) is 14.3 Å². The smallest absolute Gasteiger partial charge is 0.330 e. The van der Waals surface area contributed by atoms with Gasteiger partial charge >= 0.3 is 5.69 Å². The SMILES string of the molecule is CCCCn1c(=O)[nH]c(=O)c2c1nc(C[NH2+]CCC(C)C)n2C. The maximum Gasteiger partial charge on any atom is 0.330 e. The van der Waals surface area contributed by atoms with Crippen molar-refractivity contribution in [1.29, 1.82) is 0 Å². The van der Waals surface area contributed by atoms with Gasteiger partial charge in [0.05, 0.1) is 6.54 Å². The molecule has 0 bridgehead atoms. The van der Waals surface area contributed by atoms with Crippen LogP contribution in [0.15, 0.2) is 9.59 Å². The molecule has 0 saturated carbocycles. The maximum atomic E-state index is 12.1. The Morgan fingerprint density at radius 2 is 2.04 bits per heavy atom. The van der Waals surface area contributed by atoms with E-state index in [9.17, 15) is 9.59 Å². The molecule has 0 unspecified atom stereocenters. The Morgan fingerprint density at radius 1 is 1.30 bits per heavy atom. The molecular weight excluding hydrogens is 294 g/mol. The zero-order valence-electron chi connectivity index (χ0n) is 14.6. The van der Waals surface area contributed by atoms with Crippen LogP contribution in [0.4, 0.5) is 0 Å². The lowest BCUT2D eigenvalue weighted by Crippen LogP contribution is -2.83. The van der Waals surface area contributed by atoms with E-state index in [1.165, 1.54) is 0 Å². The second-order valence-electron chi connectivity index (χ2n) is 6.49. The predicted octanol–water partition coefficient (Wildman–Crippen LogP) is 0.333. The number of H-pyrrole nitrogens is 1. The molecule has 0 spiro atoms. The first-order valence-corrected chi connectivity index (χ1v) is 8.45. The Labute approximate surface area is 135 Å². The molecule has 0 aromatic carbocycles. The number of aryl methyl sites for hydroxylation is 2. The van der Waals surface area contributed by atoms with E-state index in [2.05, 4.69) is 36.1 Å². The van der Waals surface area contributed by atoms with E-state index in [1.54, 1.807) is 4.57 Å². The van der Waals surface area contributed by atoms with E-state index >= 15 is 0 Å². The Morgan fingerprint density at radius 3 is 2.70 bits per heavy atom. The summed E-state index contributed by atoms with van der Waals surface area (Å²) in [6, 6.07) is 0. The van der Waals surface area contributed by atoms with Crippen molar-refractivity contribution in [2.75, 3.05) is 6.54 Å². The Kier molecular flexibility index (Phi) is 5.76. The second-order valence-corrected chi connectivity index (χ2v) is 6.49. The summed E-state index contributed by atoms with van der Waals surface area (Å²) in [6.45, 7) is 8.79. The molecule has 0 aliphatic rings. The van der Waals surface area contributed by atoms with Crippen LogP contribution in [0.2, 0.25) is 0 Å². The summed E-state index contributed by atoms with van der Waals surface area (Å²) in [4.78, 5) is 31.2. The molecule has 2 rings (SSSR count). The molecule has 7 heteroatoms. The normalized spacial score (nSPS) is 11.7. The second kappa shape index (κ2) is 7.59. The van der Waals surface area contributed by atoms with E-state index in [0.29, 0.717) is 30.2 Å². The molecular formula is C16H28N5O2+. The van der Waals surface area contributed by atoms with Crippen LogP contribution < -0.4 is 16.6 Å². The molecule has 0 aliphatic heterocycles. The van der Waals surface area contributed by atoms with Crippen molar-refractivity contribution in [1.82, 2.24) is 19.1 Å². The van der Waals surface area contributed by atoms with Crippen LogP contribution in [0.5, 0.6) is 0 Å². The first-order chi connectivity index (χ1) is 11.0. The first-order valence-electron chi connectivity index (χ1n) is 8.45. The van der Waals surface area contributed by atoms with Gasteiger partial charge in [0.25, 0.3) is 5.56 Å². The average molecular weight is 322 g/mol. The fourth-order valence-electron chi connectivity index (χ4n) is 2.68. The molecule has 0 radical (unpaired) electrons. The molecule has 0 atom stereocenters. The first kappa shape index (κ1) is 17.5. The standard InChI is InChI=1S/C16H27N5O2/c1-5-6-9-21-14-13(15(22)19-16(21)23)20(4)12(18-14)10-17-8-7-11(2)3/h11,17H,5-10H2,1-4H3,(H,19,22,23)/p+1. The number of rotatable bonds is 8. The van der Waals surface area contributed by atoms with E-state index in [1.807, 2.05) is 11.6 Å². The van der Waals surface area contributed by atoms with Gasteiger partial charge in [-0.1, -0.05) is 27.2 Å². The minimum atomic E-state index is -0.371. The van der Waals surface area contributed by atoms with Gasteiger partial charge in [0.1, 0.15) is 6.54 Å². The molecule has 2 aromatic heterocycles. The molecule has 7 nitrogen and oxygen atoms in total. The van der Waals surface area contributed by atoms with Gasteiger partial charge in [-0.25, -0.2) is 9.78 Å². The van der Waals surface area contributed by atoms with E-state index in [0.717, 1.165) is 31.6 Å². The largest absolute Gasteiger partial charge is 0.340 e. The summed E-state index contributed by atoms with van der Waals surface area (Å²) in [5.74, 6) is 1.50. The minimum Gasteiger partial charge on any atom is -0.340 e. The van der Waals surface area contributed by atoms with Gasteiger partial charge < -0.3 is 9.88 Å². The monoisotopic (exact) mass is 322 g/mol.